The Bertz CT molecular complexity index is 744. The molecule has 5 N–H and O–H groups in total. The summed E-state index contributed by atoms with van der Waals surface area (Å²) in [7, 11) is 0. The molecule has 0 unspecified atom stereocenters. The van der Waals surface area contributed by atoms with Crippen LogP contribution in [-0.2, 0) is 14.3 Å². The summed E-state index contributed by atoms with van der Waals surface area (Å²) in [5.41, 5.74) is 6.92. The van der Waals surface area contributed by atoms with Crippen LogP contribution in [0.3, 0.4) is 0 Å². The van der Waals surface area contributed by atoms with Crippen molar-refractivity contribution in [3.8, 4) is 0 Å². The molecular weight excluding hydrogens is 354 g/mol. The molecule has 0 saturated heterocycles. The van der Waals surface area contributed by atoms with E-state index in [0.29, 0.717) is 11.4 Å². The number of nitrogens with two attached hydrogens (primary N) is 1. The Morgan fingerprint density at radius 2 is 2.46 bits per heavy atom. The molecule has 2 atom stereocenters. The summed E-state index contributed by atoms with van der Waals surface area (Å²) in [6.45, 7) is 2.06. The minimum absolute atomic E-state index is 0.189. The number of cyclic esters (lactones) is 1. The number of oxime groups is 1. The van der Waals surface area contributed by atoms with Gasteiger partial charge in [0, 0.05) is 23.3 Å². The lowest BCUT2D eigenvalue weighted by molar-refractivity contribution is -0.139. The highest BCUT2D eigenvalue weighted by Crippen LogP contribution is 2.30. The van der Waals surface area contributed by atoms with Gasteiger partial charge in [-0.3, -0.25) is 4.79 Å². The number of hydrogen-bond donors (Lipinski definition) is 4. The monoisotopic (exact) mass is 369 g/mol. The van der Waals surface area contributed by atoms with Gasteiger partial charge in [0.25, 0.3) is 5.91 Å². The van der Waals surface area contributed by atoms with Crippen molar-refractivity contribution < 1.29 is 19.5 Å². The van der Waals surface area contributed by atoms with Crippen molar-refractivity contribution in [1.29, 1.82) is 0 Å². The van der Waals surface area contributed by atoms with E-state index in [9.17, 15) is 9.59 Å². The van der Waals surface area contributed by atoms with Crippen LogP contribution in [0.25, 0.3) is 0 Å². The summed E-state index contributed by atoms with van der Waals surface area (Å²) in [5, 5.41) is 19.4. The van der Waals surface area contributed by atoms with Gasteiger partial charge >= 0.3 is 5.97 Å². The number of esters is 1. The molecule has 2 aliphatic rings. The molecule has 0 aromatic carbocycles. The van der Waals surface area contributed by atoms with Gasteiger partial charge in [-0.05, 0) is 6.92 Å². The van der Waals surface area contributed by atoms with E-state index in [4.69, 9.17) is 15.7 Å². The van der Waals surface area contributed by atoms with E-state index in [1.807, 2.05) is 6.92 Å². The molecule has 128 valence electrons. The Labute approximate surface area is 145 Å². The van der Waals surface area contributed by atoms with E-state index in [1.165, 1.54) is 5.38 Å². The number of rotatable bonds is 4. The number of anilines is 1. The largest absolute Gasteiger partial charge is 0.453 e. The topological polar surface area (TPSA) is 139 Å². The number of ether oxygens (including phenoxy) is 1. The Kier molecular flexibility index (Phi) is 4.62. The van der Waals surface area contributed by atoms with Gasteiger partial charge in [0.05, 0.1) is 5.37 Å². The molecule has 1 aromatic rings. The second-order valence-corrected chi connectivity index (χ2v) is 7.20. The zero-order chi connectivity index (χ0) is 17.3. The van der Waals surface area contributed by atoms with Crippen molar-refractivity contribution in [3.05, 3.63) is 22.3 Å². The molecule has 0 fully saturated rings. The Balaban J connectivity index is 1.59. The molecule has 2 aliphatic heterocycles. The number of hydrogen-bond acceptors (Lipinski definition) is 10. The molecule has 24 heavy (non-hydrogen) atoms. The standard InChI is InChI=1S/C13H15N5O4S2/c1-5-6-3-23-8(17-9(6)12(20)22-5)2-15-11(19)10(18-21)7-4-24-13(14)16-7/h4-5,8,17,21H,2-3H2,1H3,(H2,14,16)(H,15,19)/b18-10-/t5-,8-/m1/s1. The van der Waals surface area contributed by atoms with Crippen LogP contribution in [0.1, 0.15) is 12.6 Å². The second-order valence-electron chi connectivity index (χ2n) is 5.12. The van der Waals surface area contributed by atoms with Crippen LogP contribution in [0.4, 0.5) is 5.13 Å². The predicted octanol–water partition coefficient (Wildman–Crippen LogP) is -0.118. The van der Waals surface area contributed by atoms with Crippen molar-refractivity contribution in [2.45, 2.75) is 18.4 Å². The van der Waals surface area contributed by atoms with Crippen LogP contribution in [0, 0.1) is 0 Å². The summed E-state index contributed by atoms with van der Waals surface area (Å²) in [4.78, 5) is 27.8. The maximum absolute atomic E-state index is 12.2. The Hall–Kier alpha value is -2.27. The predicted molar refractivity (Wildman–Crippen MR) is 89.8 cm³/mol. The third kappa shape index (κ3) is 3.17. The van der Waals surface area contributed by atoms with Crippen LogP contribution in [0.5, 0.6) is 0 Å². The fourth-order valence-electron chi connectivity index (χ4n) is 2.35. The van der Waals surface area contributed by atoms with Crippen LogP contribution < -0.4 is 16.4 Å². The van der Waals surface area contributed by atoms with Gasteiger partial charge in [-0.2, -0.15) is 0 Å². The lowest BCUT2D eigenvalue weighted by Crippen LogP contribution is -2.44. The summed E-state index contributed by atoms with van der Waals surface area (Å²) >= 11 is 2.70. The van der Waals surface area contributed by atoms with Gasteiger partial charge in [-0.15, -0.1) is 23.1 Å². The zero-order valence-corrected chi connectivity index (χ0v) is 14.2. The van der Waals surface area contributed by atoms with Gasteiger partial charge < -0.3 is 26.3 Å². The number of carbonyl (C=O) groups excluding carboxylic acids is 2. The van der Waals surface area contributed by atoms with E-state index >= 15 is 0 Å². The SMILES string of the molecule is C[C@H]1OC(=O)C2=C1CS[C@H](CNC(=O)/C(=N\O)c1csc(N)n1)N2. The summed E-state index contributed by atoms with van der Waals surface area (Å²) in [6, 6.07) is 0. The van der Waals surface area contributed by atoms with Crippen molar-refractivity contribution >= 4 is 45.8 Å². The van der Waals surface area contributed by atoms with Gasteiger partial charge in [0.1, 0.15) is 17.5 Å². The van der Waals surface area contributed by atoms with Gasteiger partial charge in [-0.25, -0.2) is 9.78 Å². The van der Waals surface area contributed by atoms with E-state index in [-0.39, 0.29) is 40.5 Å². The number of nitrogens with one attached hydrogen (secondary N) is 2. The molecule has 3 heterocycles. The highest BCUT2D eigenvalue weighted by atomic mass is 32.2. The number of amides is 1. The number of thiazole rings is 1. The highest BCUT2D eigenvalue weighted by molar-refractivity contribution is 8.00. The Morgan fingerprint density at radius 1 is 1.67 bits per heavy atom. The molecule has 11 heteroatoms. The quantitative estimate of drug-likeness (QED) is 0.249. The van der Waals surface area contributed by atoms with Gasteiger partial charge in [-0.1, -0.05) is 5.16 Å². The van der Waals surface area contributed by atoms with E-state index in [0.717, 1.165) is 16.9 Å². The van der Waals surface area contributed by atoms with Crippen LogP contribution in [0.15, 0.2) is 21.8 Å². The molecule has 0 aliphatic carbocycles. The molecule has 0 radical (unpaired) electrons. The summed E-state index contributed by atoms with van der Waals surface area (Å²) < 4.78 is 5.15. The summed E-state index contributed by atoms with van der Waals surface area (Å²) in [6.07, 6.45) is -0.216. The lowest BCUT2D eigenvalue weighted by atomic mass is 10.1. The number of thioether (sulfide) groups is 1. The molecular formula is C13H15N5O4S2. The van der Waals surface area contributed by atoms with Crippen molar-refractivity contribution in [2.75, 3.05) is 18.0 Å². The maximum atomic E-state index is 12.2. The second kappa shape index (κ2) is 6.69. The number of nitrogens with zero attached hydrogens (tertiary/aromatic N) is 2. The fraction of sp³-hybridized carbons (Fsp3) is 0.385. The molecule has 1 aromatic heterocycles. The lowest BCUT2D eigenvalue weighted by Gasteiger charge is -2.24. The number of carbonyl (C=O) groups is 2. The molecule has 0 bridgehead atoms. The molecule has 3 rings (SSSR count). The average molecular weight is 369 g/mol. The minimum atomic E-state index is -0.577. The molecule has 0 spiro atoms. The first-order valence-corrected chi connectivity index (χ1v) is 8.96. The van der Waals surface area contributed by atoms with Crippen LogP contribution in [0.2, 0.25) is 0 Å². The fourth-order valence-corrected chi connectivity index (χ4v) is 4.06. The normalized spacial score (nSPS) is 23.5. The first-order valence-electron chi connectivity index (χ1n) is 7.03. The Morgan fingerprint density at radius 3 is 3.12 bits per heavy atom. The third-order valence-electron chi connectivity index (χ3n) is 3.57. The van der Waals surface area contributed by atoms with Crippen molar-refractivity contribution in [1.82, 2.24) is 15.6 Å². The molecule has 0 saturated carbocycles. The number of nitrogen functional groups attached to an aromatic ring is 1. The average Bonchev–Trinajstić information content (AvgIpc) is 3.10. The highest BCUT2D eigenvalue weighted by Gasteiger charge is 2.36. The minimum Gasteiger partial charge on any atom is -0.453 e. The summed E-state index contributed by atoms with van der Waals surface area (Å²) in [5.74, 6) is -0.295. The van der Waals surface area contributed by atoms with Crippen molar-refractivity contribution in [2.24, 2.45) is 5.16 Å². The third-order valence-corrected chi connectivity index (χ3v) is 5.41. The molecule has 1 amide bonds. The van der Waals surface area contributed by atoms with Gasteiger partial charge in [0.2, 0.25) is 0 Å². The maximum Gasteiger partial charge on any atom is 0.355 e. The van der Waals surface area contributed by atoms with E-state index in [1.54, 1.807) is 11.8 Å². The first kappa shape index (κ1) is 16.6. The zero-order valence-electron chi connectivity index (χ0n) is 12.6. The molecule has 9 nitrogen and oxygen atoms in total. The van der Waals surface area contributed by atoms with Crippen LogP contribution in [-0.4, -0.2) is 51.6 Å². The first-order chi connectivity index (χ1) is 11.5. The smallest absolute Gasteiger partial charge is 0.355 e. The van der Waals surface area contributed by atoms with Crippen molar-refractivity contribution in [3.63, 3.8) is 0 Å². The van der Waals surface area contributed by atoms with E-state index in [2.05, 4.69) is 20.8 Å². The number of aromatic nitrogens is 1. The van der Waals surface area contributed by atoms with Crippen LogP contribution >= 0.6 is 23.1 Å². The van der Waals surface area contributed by atoms with E-state index < -0.39 is 5.91 Å². The van der Waals surface area contributed by atoms with Gasteiger partial charge in [0.15, 0.2) is 10.8 Å².